The van der Waals surface area contributed by atoms with Crippen molar-refractivity contribution < 1.29 is 8.83 Å². The number of furan rings is 2. The van der Waals surface area contributed by atoms with Gasteiger partial charge in [0, 0.05) is 0 Å². The van der Waals surface area contributed by atoms with Gasteiger partial charge >= 0.3 is 0 Å². The van der Waals surface area contributed by atoms with E-state index in [2.05, 4.69) is 31.9 Å². The van der Waals surface area contributed by atoms with E-state index in [0.29, 0.717) is 11.5 Å². The second-order valence-electron chi connectivity index (χ2n) is 2.20. The molecule has 0 saturated carbocycles. The fourth-order valence-corrected chi connectivity index (χ4v) is 1.55. The highest BCUT2D eigenvalue weighted by molar-refractivity contribution is 9.13. The molecule has 0 fully saturated rings. The number of hydrogen-bond donors (Lipinski definition) is 0. The third-order valence-corrected chi connectivity index (χ3v) is 3.34. The van der Waals surface area contributed by atoms with Crippen molar-refractivity contribution in [1.82, 2.24) is 0 Å². The molecule has 0 N–H and O–H groups in total. The Balaban J connectivity index is 2.55. The Bertz CT molecular complexity index is 376. The van der Waals surface area contributed by atoms with Crippen molar-refractivity contribution in [2.24, 2.45) is 0 Å². The average Bonchev–Trinajstić information content (AvgIpc) is 2.64. The lowest BCUT2D eigenvalue weighted by Gasteiger charge is -1.89. The molecule has 0 unspecified atom stereocenters. The zero-order chi connectivity index (χ0) is 8.55. The zero-order valence-corrected chi connectivity index (χ0v) is 9.05. The van der Waals surface area contributed by atoms with Crippen molar-refractivity contribution in [2.75, 3.05) is 0 Å². The van der Waals surface area contributed by atoms with Crippen molar-refractivity contribution in [3.05, 3.63) is 33.6 Å². The molecule has 4 heteroatoms. The summed E-state index contributed by atoms with van der Waals surface area (Å²) < 4.78 is 12.2. The largest absolute Gasteiger partial charge is 0.461 e. The summed E-state index contributed by atoms with van der Waals surface area (Å²) in [5, 5.41) is 0. The monoisotopic (exact) mass is 290 g/mol. The van der Waals surface area contributed by atoms with E-state index in [1.807, 2.05) is 12.1 Å². The van der Waals surface area contributed by atoms with Crippen molar-refractivity contribution in [3.8, 4) is 11.5 Å². The molecule has 0 atom stereocenters. The van der Waals surface area contributed by atoms with Crippen molar-refractivity contribution >= 4 is 31.9 Å². The molecule has 0 saturated heterocycles. The Morgan fingerprint density at radius 2 is 2.00 bits per heavy atom. The van der Waals surface area contributed by atoms with Gasteiger partial charge < -0.3 is 8.83 Å². The highest BCUT2D eigenvalue weighted by Crippen LogP contribution is 2.35. The number of hydrogen-bond acceptors (Lipinski definition) is 2. The van der Waals surface area contributed by atoms with Crippen LogP contribution in [-0.4, -0.2) is 0 Å². The van der Waals surface area contributed by atoms with Crippen LogP contribution in [0.3, 0.4) is 0 Å². The van der Waals surface area contributed by atoms with E-state index in [1.165, 1.54) is 0 Å². The van der Waals surface area contributed by atoms with Crippen LogP contribution in [0.15, 0.2) is 42.4 Å². The highest BCUT2D eigenvalue weighted by Gasteiger charge is 2.12. The van der Waals surface area contributed by atoms with Crippen molar-refractivity contribution in [2.45, 2.75) is 0 Å². The van der Waals surface area contributed by atoms with Crippen LogP contribution in [0.2, 0.25) is 0 Å². The van der Waals surface area contributed by atoms with E-state index in [0.717, 1.165) is 8.95 Å². The Hall–Kier alpha value is -0.480. The van der Waals surface area contributed by atoms with Crippen LogP contribution in [0.5, 0.6) is 0 Å². The first kappa shape index (κ1) is 8.13. The predicted octanol–water partition coefficient (Wildman–Crippen LogP) is 4.06. The number of halogens is 2. The molecule has 0 bridgehead atoms. The summed E-state index contributed by atoms with van der Waals surface area (Å²) in [7, 11) is 0. The van der Waals surface area contributed by atoms with Gasteiger partial charge in [-0.3, -0.25) is 0 Å². The molecule has 62 valence electrons. The van der Waals surface area contributed by atoms with Gasteiger partial charge in [-0.05, 0) is 44.0 Å². The zero-order valence-electron chi connectivity index (χ0n) is 5.88. The molecule has 2 aromatic heterocycles. The minimum atomic E-state index is 0.701. The van der Waals surface area contributed by atoms with E-state index in [9.17, 15) is 0 Å². The molecule has 0 radical (unpaired) electrons. The van der Waals surface area contributed by atoms with Gasteiger partial charge in [0.2, 0.25) is 0 Å². The van der Waals surface area contributed by atoms with E-state index < -0.39 is 0 Å². The van der Waals surface area contributed by atoms with Crippen LogP contribution in [0.4, 0.5) is 0 Å². The summed E-state index contributed by atoms with van der Waals surface area (Å²) >= 11 is 6.69. The molecule has 2 aromatic rings. The third-order valence-electron chi connectivity index (χ3n) is 1.43. The lowest BCUT2D eigenvalue weighted by Crippen LogP contribution is -1.67. The van der Waals surface area contributed by atoms with Crippen molar-refractivity contribution in [1.29, 1.82) is 0 Å². The van der Waals surface area contributed by atoms with E-state index >= 15 is 0 Å². The fourth-order valence-electron chi connectivity index (χ4n) is 0.897. The molecule has 2 heterocycles. The van der Waals surface area contributed by atoms with Gasteiger partial charge in [-0.15, -0.1) is 0 Å². The first-order valence-corrected chi connectivity index (χ1v) is 4.84. The Kier molecular flexibility index (Phi) is 2.11. The number of rotatable bonds is 1. The second kappa shape index (κ2) is 3.11. The van der Waals surface area contributed by atoms with Crippen LogP contribution in [0.1, 0.15) is 0 Å². The highest BCUT2D eigenvalue weighted by atomic mass is 79.9. The summed E-state index contributed by atoms with van der Waals surface area (Å²) in [6, 6.07) is 3.66. The van der Waals surface area contributed by atoms with Gasteiger partial charge in [-0.1, -0.05) is 0 Å². The van der Waals surface area contributed by atoms with Crippen LogP contribution < -0.4 is 0 Å². The maximum Gasteiger partial charge on any atom is 0.184 e. The molecule has 12 heavy (non-hydrogen) atoms. The van der Waals surface area contributed by atoms with Gasteiger partial charge in [0.25, 0.3) is 0 Å². The Labute approximate surface area is 85.8 Å². The molecular weight excluding hydrogens is 288 g/mol. The van der Waals surface area contributed by atoms with Gasteiger partial charge in [0.1, 0.15) is 6.26 Å². The van der Waals surface area contributed by atoms with E-state index in [4.69, 9.17) is 8.83 Å². The lowest BCUT2D eigenvalue weighted by atomic mass is 10.3. The molecule has 0 aliphatic heterocycles. The Morgan fingerprint density at radius 1 is 1.17 bits per heavy atom. The fraction of sp³-hybridized carbons (Fsp3) is 0. The normalized spacial score (nSPS) is 10.5. The first-order chi connectivity index (χ1) is 5.79. The minimum Gasteiger partial charge on any atom is -0.461 e. The Morgan fingerprint density at radius 3 is 2.50 bits per heavy atom. The van der Waals surface area contributed by atoms with Crippen LogP contribution >= 0.6 is 31.9 Å². The van der Waals surface area contributed by atoms with Gasteiger partial charge in [0.15, 0.2) is 11.5 Å². The van der Waals surface area contributed by atoms with Gasteiger partial charge in [-0.2, -0.15) is 0 Å². The lowest BCUT2D eigenvalue weighted by molar-refractivity contribution is 0.523. The third kappa shape index (κ3) is 1.25. The summed E-state index contributed by atoms with van der Waals surface area (Å²) in [5.41, 5.74) is 0. The molecule has 2 rings (SSSR count). The van der Waals surface area contributed by atoms with Crippen LogP contribution in [-0.2, 0) is 0 Å². The summed E-state index contributed by atoms with van der Waals surface area (Å²) in [6.07, 6.45) is 3.22. The molecule has 0 spiro atoms. The van der Waals surface area contributed by atoms with Gasteiger partial charge in [0.05, 0.1) is 15.2 Å². The molecule has 0 aliphatic carbocycles. The predicted molar refractivity (Wildman–Crippen MR) is 51.8 cm³/mol. The molecule has 0 amide bonds. The molecule has 0 aliphatic rings. The maximum absolute atomic E-state index is 5.25. The van der Waals surface area contributed by atoms with Gasteiger partial charge in [-0.25, -0.2) is 0 Å². The summed E-state index contributed by atoms with van der Waals surface area (Å²) in [5.74, 6) is 1.42. The average molecular weight is 292 g/mol. The first-order valence-electron chi connectivity index (χ1n) is 3.25. The van der Waals surface area contributed by atoms with E-state index in [-0.39, 0.29) is 0 Å². The second-order valence-corrected chi connectivity index (χ2v) is 3.85. The SMILES string of the molecule is Brc1coc(-c2ccco2)c1Br. The smallest absolute Gasteiger partial charge is 0.184 e. The minimum absolute atomic E-state index is 0.701. The maximum atomic E-state index is 5.25. The molecular formula is C8H4Br2O2. The topological polar surface area (TPSA) is 26.3 Å². The molecule has 2 nitrogen and oxygen atoms in total. The molecule has 0 aromatic carbocycles. The van der Waals surface area contributed by atoms with Crippen LogP contribution in [0, 0.1) is 0 Å². The standard InChI is InChI=1S/C8H4Br2O2/c9-5-4-12-8(7(5)10)6-2-1-3-11-6/h1-4H. The summed E-state index contributed by atoms with van der Waals surface area (Å²) in [4.78, 5) is 0. The van der Waals surface area contributed by atoms with Crippen molar-refractivity contribution in [3.63, 3.8) is 0 Å². The van der Waals surface area contributed by atoms with Crippen LogP contribution in [0.25, 0.3) is 11.5 Å². The van der Waals surface area contributed by atoms with E-state index in [1.54, 1.807) is 12.5 Å². The quantitative estimate of drug-likeness (QED) is 0.792. The summed E-state index contributed by atoms with van der Waals surface area (Å²) in [6.45, 7) is 0.